The van der Waals surface area contributed by atoms with Crippen molar-refractivity contribution in [3.8, 4) is 0 Å². The van der Waals surface area contributed by atoms with Crippen LogP contribution in [0.3, 0.4) is 0 Å². The number of carbonyl (C=O) groups is 1. The summed E-state index contributed by atoms with van der Waals surface area (Å²) in [7, 11) is 0. The minimum atomic E-state index is -0.922. The number of ether oxygens (including phenoxy) is 4. The zero-order chi connectivity index (χ0) is 16.2. The number of hydrogen-bond donors (Lipinski definition) is 1. The number of alkyl halides is 1. The molecule has 1 N–H and O–H groups in total. The molecule has 6 fully saturated rings. The van der Waals surface area contributed by atoms with E-state index in [1.54, 1.807) is 0 Å². The van der Waals surface area contributed by atoms with Crippen LogP contribution in [-0.2, 0) is 23.7 Å². The topological polar surface area (TPSA) is 77.5 Å². The van der Waals surface area contributed by atoms with Gasteiger partial charge in [-0.25, -0.2) is 4.79 Å². The van der Waals surface area contributed by atoms with E-state index in [1.807, 2.05) is 6.92 Å². The van der Waals surface area contributed by atoms with Crippen LogP contribution >= 0.6 is 15.9 Å². The number of carbonyl (C=O) groups excluding carboxylic acids is 1. The summed E-state index contributed by atoms with van der Waals surface area (Å²) in [5.41, 5.74) is -3.28. The minimum absolute atomic E-state index is 0.0390. The van der Waals surface area contributed by atoms with Crippen LogP contribution in [0.5, 0.6) is 0 Å². The Kier molecular flexibility index (Phi) is 1.98. The highest BCUT2D eigenvalue weighted by atomic mass is 79.9. The third-order valence-corrected chi connectivity index (χ3v) is 9.30. The largest absolute Gasteiger partial charge is 0.457 e. The summed E-state index contributed by atoms with van der Waals surface area (Å²) in [4.78, 5) is 12.6. The average Bonchev–Trinajstić information content (AvgIpc) is 2.96. The standard InChI is InChI=1S/C16H19BrO6/c1-12(5-17)8-7-9-14(3)15(23-12,13(8,2)10(18)20-7)4-6-16(14,22-6)11(19)21-9/h6-10,18H,4-5H2,1-3H3/t6-,7?,8?,9?,10+,12-,13?,14?,15?,16+/m1/s1. The van der Waals surface area contributed by atoms with Gasteiger partial charge in [-0.3, -0.25) is 0 Å². The molecule has 7 heteroatoms. The van der Waals surface area contributed by atoms with Crippen molar-refractivity contribution in [2.24, 2.45) is 16.7 Å². The lowest BCUT2D eigenvalue weighted by atomic mass is 9.48. The summed E-state index contributed by atoms with van der Waals surface area (Å²) in [6.45, 7) is 6.16. The lowest BCUT2D eigenvalue weighted by Crippen LogP contribution is -2.67. The lowest BCUT2D eigenvalue weighted by molar-refractivity contribution is -0.230. The molecule has 4 heterocycles. The molecule has 6 nitrogen and oxygen atoms in total. The smallest absolute Gasteiger partial charge is 0.342 e. The van der Waals surface area contributed by atoms with Gasteiger partial charge in [0.2, 0.25) is 5.60 Å². The molecule has 2 saturated carbocycles. The minimum Gasteiger partial charge on any atom is -0.457 e. The van der Waals surface area contributed by atoms with Crippen LogP contribution in [0.15, 0.2) is 0 Å². The fourth-order valence-electron chi connectivity index (χ4n) is 7.31. The monoisotopic (exact) mass is 386 g/mol. The zero-order valence-electron chi connectivity index (χ0n) is 13.2. The zero-order valence-corrected chi connectivity index (χ0v) is 14.8. The molecule has 0 aromatic carbocycles. The summed E-state index contributed by atoms with van der Waals surface area (Å²) >= 11 is 3.60. The lowest BCUT2D eigenvalue weighted by Gasteiger charge is -2.54. The van der Waals surface area contributed by atoms with E-state index in [0.29, 0.717) is 11.8 Å². The molecule has 6 unspecified atom stereocenters. The molecule has 0 amide bonds. The molecule has 6 rings (SSSR count). The van der Waals surface area contributed by atoms with E-state index in [2.05, 4.69) is 29.8 Å². The molecule has 0 radical (unpaired) electrons. The van der Waals surface area contributed by atoms with E-state index in [0.717, 1.165) is 0 Å². The number of halogens is 1. The Morgan fingerprint density at radius 2 is 2.09 bits per heavy atom. The maximum Gasteiger partial charge on any atom is 0.342 e. The molecule has 2 aliphatic carbocycles. The van der Waals surface area contributed by atoms with Crippen LogP contribution in [0.1, 0.15) is 27.2 Å². The molecular weight excluding hydrogens is 368 g/mol. The first kappa shape index (κ1) is 14.0. The molecule has 4 bridgehead atoms. The molecule has 4 aliphatic heterocycles. The van der Waals surface area contributed by atoms with E-state index in [4.69, 9.17) is 18.9 Å². The first-order valence-electron chi connectivity index (χ1n) is 8.21. The maximum absolute atomic E-state index is 12.6. The molecular formula is C16H19BrO6. The Hall–Kier alpha value is -0.210. The van der Waals surface area contributed by atoms with Crippen molar-refractivity contribution < 1.29 is 28.8 Å². The summed E-state index contributed by atoms with van der Waals surface area (Å²) in [5, 5.41) is 11.5. The summed E-state index contributed by atoms with van der Waals surface area (Å²) in [6, 6.07) is 0. The first-order chi connectivity index (χ1) is 10.7. The van der Waals surface area contributed by atoms with Crippen molar-refractivity contribution in [2.45, 2.75) is 68.6 Å². The molecule has 0 aromatic heterocycles. The van der Waals surface area contributed by atoms with Crippen molar-refractivity contribution in [3.05, 3.63) is 0 Å². The van der Waals surface area contributed by atoms with Gasteiger partial charge in [0.1, 0.15) is 18.3 Å². The third-order valence-electron chi connectivity index (χ3n) is 8.19. The molecule has 126 valence electrons. The van der Waals surface area contributed by atoms with Crippen molar-refractivity contribution in [2.75, 3.05) is 5.33 Å². The van der Waals surface area contributed by atoms with Gasteiger partial charge in [0, 0.05) is 17.7 Å². The van der Waals surface area contributed by atoms with Gasteiger partial charge < -0.3 is 24.1 Å². The summed E-state index contributed by atoms with van der Waals surface area (Å²) in [5.74, 6) is -0.321. The number of aliphatic hydroxyl groups is 1. The summed E-state index contributed by atoms with van der Waals surface area (Å²) < 4.78 is 24.4. The van der Waals surface area contributed by atoms with E-state index in [9.17, 15) is 9.90 Å². The van der Waals surface area contributed by atoms with Crippen molar-refractivity contribution >= 4 is 21.9 Å². The van der Waals surface area contributed by atoms with Gasteiger partial charge in [0.25, 0.3) is 0 Å². The Morgan fingerprint density at radius 3 is 2.78 bits per heavy atom. The highest BCUT2D eigenvalue weighted by Crippen LogP contribution is 2.84. The Balaban J connectivity index is 1.70. The Morgan fingerprint density at radius 1 is 1.35 bits per heavy atom. The molecule has 0 aromatic rings. The fraction of sp³-hybridized carbons (Fsp3) is 0.938. The second kappa shape index (κ2) is 3.26. The number of fused-ring (bicyclic) bond motifs is 1. The highest BCUT2D eigenvalue weighted by Gasteiger charge is 3.00. The maximum atomic E-state index is 12.6. The van der Waals surface area contributed by atoms with Gasteiger partial charge in [-0.15, -0.1) is 0 Å². The predicted octanol–water partition coefficient (Wildman–Crippen LogP) is 0.735. The van der Waals surface area contributed by atoms with E-state index in [1.165, 1.54) is 0 Å². The number of rotatable bonds is 1. The van der Waals surface area contributed by atoms with Gasteiger partial charge in [-0.1, -0.05) is 22.9 Å². The molecule has 23 heavy (non-hydrogen) atoms. The van der Waals surface area contributed by atoms with Crippen LogP contribution in [0.4, 0.5) is 0 Å². The second-order valence-corrected chi connectivity index (χ2v) is 9.22. The SMILES string of the molecule is CC12C3C(O[C@@H]1O)C1OC(=O)[C@@]45O[C@@H]4CC2(O[C@]3(C)CBr)C15C. The van der Waals surface area contributed by atoms with Gasteiger partial charge in [0.15, 0.2) is 6.29 Å². The molecule has 10 atom stereocenters. The number of hydrogen-bond acceptors (Lipinski definition) is 6. The molecule has 2 spiro atoms. The van der Waals surface area contributed by atoms with Gasteiger partial charge in [-0.2, -0.15) is 0 Å². The Labute approximate surface area is 141 Å². The Bertz CT molecular complexity index is 685. The van der Waals surface area contributed by atoms with Crippen molar-refractivity contribution in [1.29, 1.82) is 0 Å². The van der Waals surface area contributed by atoms with Gasteiger partial charge in [0.05, 0.1) is 22.0 Å². The van der Waals surface area contributed by atoms with Crippen LogP contribution in [0, 0.1) is 16.7 Å². The van der Waals surface area contributed by atoms with Crippen LogP contribution in [0.2, 0.25) is 0 Å². The quantitative estimate of drug-likeness (QED) is 0.406. The van der Waals surface area contributed by atoms with E-state index >= 15 is 0 Å². The van der Waals surface area contributed by atoms with Crippen LogP contribution in [0.25, 0.3) is 0 Å². The van der Waals surface area contributed by atoms with Crippen molar-refractivity contribution in [3.63, 3.8) is 0 Å². The highest BCUT2D eigenvalue weighted by molar-refractivity contribution is 9.09. The van der Waals surface area contributed by atoms with E-state index < -0.39 is 40.0 Å². The van der Waals surface area contributed by atoms with E-state index in [-0.39, 0.29) is 24.1 Å². The molecule has 6 aliphatic rings. The first-order valence-corrected chi connectivity index (χ1v) is 9.34. The third kappa shape index (κ3) is 0.930. The summed E-state index contributed by atoms with van der Waals surface area (Å²) in [6.07, 6.45) is -1.29. The van der Waals surface area contributed by atoms with Crippen LogP contribution < -0.4 is 0 Å². The van der Waals surface area contributed by atoms with Crippen LogP contribution in [-0.4, -0.2) is 57.8 Å². The number of esters is 1. The number of aliphatic hydroxyl groups excluding tert-OH is 1. The average molecular weight is 387 g/mol. The van der Waals surface area contributed by atoms with Gasteiger partial charge >= 0.3 is 5.97 Å². The van der Waals surface area contributed by atoms with Crippen molar-refractivity contribution in [1.82, 2.24) is 0 Å². The second-order valence-electron chi connectivity index (χ2n) is 8.66. The predicted molar refractivity (Wildman–Crippen MR) is 78.7 cm³/mol. The fourth-order valence-corrected chi connectivity index (χ4v) is 7.77. The normalized spacial score (nSPS) is 72.9. The van der Waals surface area contributed by atoms with Gasteiger partial charge in [-0.05, 0) is 13.8 Å². The number of epoxide rings is 1. The molecule has 4 saturated heterocycles.